The molecule has 1 aromatic carbocycles. The third kappa shape index (κ3) is 4.81. The van der Waals surface area contributed by atoms with Gasteiger partial charge in [0.05, 0.1) is 18.1 Å². The van der Waals surface area contributed by atoms with Gasteiger partial charge in [0.15, 0.2) is 6.30 Å². The summed E-state index contributed by atoms with van der Waals surface area (Å²) in [5, 5.41) is 12.6. The number of rotatable bonds is 1. The minimum absolute atomic E-state index is 0.137. The Bertz CT molecular complexity index is 315. The lowest BCUT2D eigenvalue weighted by Crippen LogP contribution is -2.37. The van der Waals surface area contributed by atoms with Gasteiger partial charge in [-0.05, 0) is 0 Å². The number of ether oxygens (including phenoxy) is 1. The molecule has 1 fully saturated rings. The van der Waals surface area contributed by atoms with Gasteiger partial charge in [0.1, 0.15) is 0 Å². The SMILES string of the molecule is FC1COCCN1.O=[N+]([O-])c1ccccc1. The number of hydrogen-bond acceptors (Lipinski definition) is 4. The van der Waals surface area contributed by atoms with Crippen molar-refractivity contribution in [2.24, 2.45) is 0 Å². The van der Waals surface area contributed by atoms with Crippen molar-refractivity contribution in [3.8, 4) is 0 Å². The molecule has 16 heavy (non-hydrogen) atoms. The summed E-state index contributed by atoms with van der Waals surface area (Å²) in [5.41, 5.74) is 0.137. The van der Waals surface area contributed by atoms with Crippen LogP contribution in [0.2, 0.25) is 0 Å². The van der Waals surface area contributed by atoms with E-state index in [4.69, 9.17) is 4.74 Å². The monoisotopic (exact) mass is 228 g/mol. The molecule has 1 saturated heterocycles. The normalized spacial score (nSPS) is 19.4. The highest BCUT2D eigenvalue weighted by atomic mass is 19.1. The Labute approximate surface area is 92.4 Å². The first kappa shape index (κ1) is 12.5. The zero-order valence-electron chi connectivity index (χ0n) is 8.64. The predicted octanol–water partition coefficient (Wildman–Crippen LogP) is 1.50. The number of para-hydroxylation sites is 1. The number of benzene rings is 1. The van der Waals surface area contributed by atoms with Crippen LogP contribution < -0.4 is 5.32 Å². The Balaban J connectivity index is 0.000000165. The molecule has 88 valence electrons. The van der Waals surface area contributed by atoms with Gasteiger partial charge in [0, 0.05) is 18.7 Å². The van der Waals surface area contributed by atoms with Crippen LogP contribution >= 0.6 is 0 Å². The molecule has 0 aromatic heterocycles. The van der Waals surface area contributed by atoms with Crippen molar-refractivity contribution in [1.29, 1.82) is 0 Å². The third-order valence-corrected chi connectivity index (χ3v) is 1.84. The predicted molar refractivity (Wildman–Crippen MR) is 56.8 cm³/mol. The fraction of sp³-hybridized carbons (Fsp3) is 0.400. The van der Waals surface area contributed by atoms with Crippen LogP contribution in [-0.4, -0.2) is 31.0 Å². The number of nitro benzene ring substituents is 1. The van der Waals surface area contributed by atoms with E-state index in [2.05, 4.69) is 5.32 Å². The van der Waals surface area contributed by atoms with E-state index in [1.54, 1.807) is 18.2 Å². The maximum absolute atomic E-state index is 11.9. The number of morpholine rings is 1. The lowest BCUT2D eigenvalue weighted by Gasteiger charge is -2.15. The van der Waals surface area contributed by atoms with Crippen molar-refractivity contribution >= 4 is 5.69 Å². The number of alkyl halides is 1. The van der Waals surface area contributed by atoms with Crippen molar-refractivity contribution in [2.45, 2.75) is 6.30 Å². The molecular formula is C10H13FN2O3. The van der Waals surface area contributed by atoms with Crippen molar-refractivity contribution in [2.75, 3.05) is 19.8 Å². The van der Waals surface area contributed by atoms with Crippen molar-refractivity contribution < 1.29 is 14.1 Å². The molecular weight excluding hydrogens is 215 g/mol. The first-order valence-corrected chi connectivity index (χ1v) is 4.85. The number of nitrogens with zero attached hydrogens (tertiary/aromatic N) is 1. The highest BCUT2D eigenvalue weighted by Gasteiger charge is 2.08. The largest absolute Gasteiger partial charge is 0.376 e. The molecule has 0 radical (unpaired) electrons. The fourth-order valence-electron chi connectivity index (χ4n) is 1.08. The van der Waals surface area contributed by atoms with Gasteiger partial charge in [-0.15, -0.1) is 0 Å². The quantitative estimate of drug-likeness (QED) is 0.449. The van der Waals surface area contributed by atoms with Crippen LogP contribution in [0.5, 0.6) is 0 Å². The standard InChI is InChI=1S/C6H5NO2.C4H8FNO/c8-7(9)6-4-2-1-3-5-6;5-4-3-7-2-1-6-4/h1-5H;4,6H,1-3H2. The van der Waals surface area contributed by atoms with Crippen LogP contribution in [0.15, 0.2) is 30.3 Å². The minimum atomic E-state index is -0.936. The van der Waals surface area contributed by atoms with Gasteiger partial charge in [0.25, 0.3) is 5.69 Å². The number of non-ortho nitro benzene ring substituents is 1. The Kier molecular flexibility index (Phi) is 5.38. The number of nitro groups is 1. The summed E-state index contributed by atoms with van der Waals surface area (Å²) in [4.78, 5) is 9.59. The topological polar surface area (TPSA) is 64.4 Å². The van der Waals surface area contributed by atoms with Gasteiger partial charge in [-0.3, -0.25) is 15.4 Å². The zero-order valence-corrected chi connectivity index (χ0v) is 8.64. The second-order valence-corrected chi connectivity index (χ2v) is 3.09. The third-order valence-electron chi connectivity index (χ3n) is 1.84. The van der Waals surface area contributed by atoms with E-state index >= 15 is 0 Å². The van der Waals surface area contributed by atoms with Crippen LogP contribution in [0.1, 0.15) is 0 Å². The Hall–Kier alpha value is -1.53. The number of halogens is 1. The maximum atomic E-state index is 11.9. The molecule has 1 aliphatic heterocycles. The Morgan fingerprint density at radius 3 is 2.44 bits per heavy atom. The highest BCUT2D eigenvalue weighted by molar-refractivity contribution is 5.27. The molecule has 1 N–H and O–H groups in total. The lowest BCUT2D eigenvalue weighted by molar-refractivity contribution is -0.384. The molecule has 1 unspecified atom stereocenters. The molecule has 1 atom stereocenters. The van der Waals surface area contributed by atoms with Crippen molar-refractivity contribution in [1.82, 2.24) is 5.32 Å². The van der Waals surface area contributed by atoms with E-state index in [9.17, 15) is 14.5 Å². The van der Waals surface area contributed by atoms with E-state index in [-0.39, 0.29) is 12.3 Å². The molecule has 2 rings (SSSR count). The molecule has 1 aliphatic rings. The maximum Gasteiger partial charge on any atom is 0.269 e. The highest BCUT2D eigenvalue weighted by Crippen LogP contribution is 2.06. The van der Waals surface area contributed by atoms with Crippen LogP contribution in [0.4, 0.5) is 10.1 Å². The summed E-state index contributed by atoms with van der Waals surface area (Å²) in [6, 6.07) is 7.93. The zero-order chi connectivity index (χ0) is 11.8. The second-order valence-electron chi connectivity index (χ2n) is 3.09. The van der Waals surface area contributed by atoms with Gasteiger partial charge in [0.2, 0.25) is 0 Å². The van der Waals surface area contributed by atoms with Gasteiger partial charge in [-0.1, -0.05) is 18.2 Å². The molecule has 0 amide bonds. The Morgan fingerprint density at radius 2 is 2.12 bits per heavy atom. The fourth-order valence-corrected chi connectivity index (χ4v) is 1.08. The van der Waals surface area contributed by atoms with E-state index in [0.29, 0.717) is 13.2 Å². The number of hydrogen-bond donors (Lipinski definition) is 1. The molecule has 0 saturated carbocycles. The van der Waals surface area contributed by atoms with Crippen LogP contribution in [0.25, 0.3) is 0 Å². The molecule has 5 nitrogen and oxygen atoms in total. The summed E-state index contributed by atoms with van der Waals surface area (Å²) in [5.74, 6) is 0. The van der Waals surface area contributed by atoms with Gasteiger partial charge in [-0.2, -0.15) is 0 Å². The summed E-state index contributed by atoms with van der Waals surface area (Å²) < 4.78 is 16.7. The lowest BCUT2D eigenvalue weighted by atomic mass is 10.3. The van der Waals surface area contributed by atoms with E-state index in [1.807, 2.05) is 0 Å². The van der Waals surface area contributed by atoms with E-state index in [1.165, 1.54) is 12.1 Å². The van der Waals surface area contributed by atoms with Crippen LogP contribution in [0, 0.1) is 10.1 Å². The van der Waals surface area contributed by atoms with Crippen molar-refractivity contribution in [3.63, 3.8) is 0 Å². The average Bonchev–Trinajstić information content (AvgIpc) is 2.32. The summed E-state index contributed by atoms with van der Waals surface area (Å²) in [6.07, 6.45) is -0.936. The Morgan fingerprint density at radius 1 is 1.44 bits per heavy atom. The average molecular weight is 228 g/mol. The molecule has 0 spiro atoms. The summed E-state index contributed by atoms with van der Waals surface area (Å²) in [6.45, 7) is 1.49. The van der Waals surface area contributed by atoms with Crippen LogP contribution in [-0.2, 0) is 4.74 Å². The van der Waals surface area contributed by atoms with E-state index in [0.717, 1.165) is 0 Å². The molecule has 1 heterocycles. The van der Waals surface area contributed by atoms with Gasteiger partial charge in [-0.25, -0.2) is 4.39 Å². The van der Waals surface area contributed by atoms with Gasteiger partial charge >= 0.3 is 0 Å². The summed E-state index contributed by atoms with van der Waals surface area (Å²) >= 11 is 0. The molecule has 0 bridgehead atoms. The first-order valence-electron chi connectivity index (χ1n) is 4.85. The van der Waals surface area contributed by atoms with Gasteiger partial charge < -0.3 is 4.74 Å². The van der Waals surface area contributed by atoms with Crippen molar-refractivity contribution in [3.05, 3.63) is 40.4 Å². The second kappa shape index (κ2) is 6.86. The van der Waals surface area contributed by atoms with E-state index < -0.39 is 11.2 Å². The molecule has 1 aromatic rings. The van der Waals surface area contributed by atoms with Crippen LogP contribution in [0.3, 0.4) is 0 Å². The first-order chi connectivity index (χ1) is 7.70. The minimum Gasteiger partial charge on any atom is -0.376 e. The number of nitrogens with one attached hydrogen (secondary N) is 1. The summed E-state index contributed by atoms with van der Waals surface area (Å²) in [7, 11) is 0. The molecule has 0 aliphatic carbocycles. The molecule has 6 heteroatoms. The smallest absolute Gasteiger partial charge is 0.269 e.